The van der Waals surface area contributed by atoms with Gasteiger partial charge in [-0.05, 0) is 52.6 Å². The molecule has 5 aromatic carbocycles. The molecule has 0 amide bonds. The summed E-state index contributed by atoms with van der Waals surface area (Å²) >= 11 is 0. The second-order valence-electron chi connectivity index (χ2n) is 8.15. The summed E-state index contributed by atoms with van der Waals surface area (Å²) < 4.78 is 2.33. The third kappa shape index (κ3) is 3.19. The number of para-hydroxylation sites is 2. The van der Waals surface area contributed by atoms with Crippen LogP contribution in [0.15, 0.2) is 121 Å². The molecule has 154 valence electrons. The Hall–Kier alpha value is -4.61. The van der Waals surface area contributed by atoms with Gasteiger partial charge in [0.25, 0.3) is 0 Å². The zero-order valence-electron chi connectivity index (χ0n) is 17.9. The predicted octanol–water partition coefficient (Wildman–Crippen LogP) is 7.99. The first kappa shape index (κ1) is 19.1. The van der Waals surface area contributed by atoms with Crippen LogP contribution in [0.25, 0.3) is 49.7 Å². The molecule has 0 atom stereocenters. The lowest BCUT2D eigenvalue weighted by molar-refractivity contribution is 1.18. The molecule has 1 aromatic heterocycles. The maximum Gasteiger partial charge on any atom is 0.0998 e. The van der Waals surface area contributed by atoms with Gasteiger partial charge in [0.1, 0.15) is 0 Å². The van der Waals surface area contributed by atoms with Crippen molar-refractivity contribution in [2.75, 3.05) is 0 Å². The van der Waals surface area contributed by atoms with Crippen LogP contribution in [0.3, 0.4) is 0 Å². The molecule has 0 bridgehead atoms. The molecule has 0 saturated heterocycles. The van der Waals surface area contributed by atoms with Gasteiger partial charge in [0.15, 0.2) is 0 Å². The minimum absolute atomic E-state index is 0.695. The number of aromatic nitrogens is 1. The van der Waals surface area contributed by atoms with Crippen LogP contribution in [0, 0.1) is 11.3 Å². The Bertz CT molecular complexity index is 1590. The van der Waals surface area contributed by atoms with Crippen LogP contribution in [0.2, 0.25) is 0 Å². The van der Waals surface area contributed by atoms with Crippen LogP contribution in [0.1, 0.15) is 5.56 Å². The van der Waals surface area contributed by atoms with E-state index in [0.29, 0.717) is 5.56 Å². The minimum atomic E-state index is 0.695. The smallest absolute Gasteiger partial charge is 0.0998 e. The van der Waals surface area contributed by atoms with Crippen molar-refractivity contribution in [2.24, 2.45) is 0 Å². The molecule has 0 radical (unpaired) electrons. The Morgan fingerprint density at radius 3 is 1.58 bits per heavy atom. The molecule has 33 heavy (non-hydrogen) atoms. The van der Waals surface area contributed by atoms with E-state index in [1.807, 2.05) is 24.3 Å². The molecule has 0 fully saturated rings. The van der Waals surface area contributed by atoms with Crippen molar-refractivity contribution >= 4 is 21.8 Å². The van der Waals surface area contributed by atoms with E-state index < -0.39 is 0 Å². The molecule has 0 aliphatic heterocycles. The Labute approximate surface area is 192 Å². The first-order valence-corrected chi connectivity index (χ1v) is 11.0. The van der Waals surface area contributed by atoms with E-state index in [-0.39, 0.29) is 0 Å². The first-order chi connectivity index (χ1) is 16.3. The van der Waals surface area contributed by atoms with Crippen molar-refractivity contribution in [3.05, 3.63) is 127 Å². The number of benzene rings is 5. The number of nitriles is 1. The van der Waals surface area contributed by atoms with Crippen LogP contribution in [-0.2, 0) is 0 Å². The first-order valence-electron chi connectivity index (χ1n) is 11.0. The molecule has 6 aromatic rings. The molecule has 1 heterocycles. The molecular weight excluding hydrogens is 400 g/mol. The van der Waals surface area contributed by atoms with Gasteiger partial charge < -0.3 is 4.57 Å². The third-order valence-corrected chi connectivity index (χ3v) is 6.28. The SMILES string of the molecule is N#Cc1ccccc1-c1ccc(-c2ccc(-n3c4ccccc4c4ccccc43)cc2)cc1. The van der Waals surface area contributed by atoms with Gasteiger partial charge in [0.05, 0.1) is 22.7 Å². The van der Waals surface area contributed by atoms with Crippen molar-refractivity contribution in [3.8, 4) is 34.0 Å². The summed E-state index contributed by atoms with van der Waals surface area (Å²) in [5.41, 5.74) is 8.61. The van der Waals surface area contributed by atoms with Crippen molar-refractivity contribution in [1.82, 2.24) is 4.57 Å². The predicted molar refractivity (Wildman–Crippen MR) is 136 cm³/mol. The molecule has 0 aliphatic rings. The van der Waals surface area contributed by atoms with Crippen molar-refractivity contribution in [2.45, 2.75) is 0 Å². The van der Waals surface area contributed by atoms with Gasteiger partial charge in [-0.1, -0.05) is 91.0 Å². The number of nitrogens with zero attached hydrogens (tertiary/aromatic N) is 2. The molecule has 0 unspecified atom stereocenters. The van der Waals surface area contributed by atoms with Crippen LogP contribution in [0.5, 0.6) is 0 Å². The van der Waals surface area contributed by atoms with Gasteiger partial charge in [-0.2, -0.15) is 5.26 Å². The Morgan fingerprint density at radius 2 is 0.970 bits per heavy atom. The van der Waals surface area contributed by atoms with Crippen LogP contribution in [-0.4, -0.2) is 4.57 Å². The summed E-state index contributed by atoms with van der Waals surface area (Å²) in [6.07, 6.45) is 0. The fraction of sp³-hybridized carbons (Fsp3) is 0. The van der Waals surface area contributed by atoms with E-state index in [1.165, 1.54) is 27.4 Å². The minimum Gasteiger partial charge on any atom is -0.309 e. The maximum absolute atomic E-state index is 9.40. The maximum atomic E-state index is 9.40. The van der Waals surface area contributed by atoms with Crippen molar-refractivity contribution in [3.63, 3.8) is 0 Å². The summed E-state index contributed by atoms with van der Waals surface area (Å²) in [4.78, 5) is 0. The molecule has 6 rings (SSSR count). The van der Waals surface area contributed by atoms with E-state index in [1.54, 1.807) is 0 Å². The molecule has 2 nitrogen and oxygen atoms in total. The average molecular weight is 421 g/mol. The normalized spacial score (nSPS) is 11.0. The Kier molecular flexibility index (Phi) is 4.53. The van der Waals surface area contributed by atoms with Crippen LogP contribution in [0.4, 0.5) is 0 Å². The molecule has 0 aliphatic carbocycles. The Balaban J connectivity index is 1.38. The summed E-state index contributed by atoms with van der Waals surface area (Å²) in [5.74, 6) is 0. The number of fused-ring (bicyclic) bond motifs is 3. The second kappa shape index (κ2) is 7.82. The number of hydrogen-bond acceptors (Lipinski definition) is 1. The quantitative estimate of drug-likeness (QED) is 0.285. The third-order valence-electron chi connectivity index (χ3n) is 6.28. The van der Waals surface area contributed by atoms with Gasteiger partial charge in [-0.25, -0.2) is 0 Å². The fourth-order valence-corrected chi connectivity index (χ4v) is 4.68. The van der Waals surface area contributed by atoms with Crippen molar-refractivity contribution < 1.29 is 0 Å². The second-order valence-corrected chi connectivity index (χ2v) is 8.15. The van der Waals surface area contributed by atoms with E-state index >= 15 is 0 Å². The molecule has 0 spiro atoms. The largest absolute Gasteiger partial charge is 0.309 e. The van der Waals surface area contributed by atoms with Crippen molar-refractivity contribution in [1.29, 1.82) is 5.26 Å². The fourth-order valence-electron chi connectivity index (χ4n) is 4.68. The standard InChI is InChI=1S/C31H20N2/c32-21-25-7-1-2-8-27(25)24-15-13-22(14-16-24)23-17-19-26(20-18-23)33-30-11-5-3-9-28(30)29-10-4-6-12-31(29)33/h1-20H. The zero-order valence-corrected chi connectivity index (χ0v) is 17.9. The van der Waals surface area contributed by atoms with Gasteiger partial charge in [-0.3, -0.25) is 0 Å². The Morgan fingerprint density at radius 1 is 0.485 bits per heavy atom. The van der Waals surface area contributed by atoms with E-state index in [9.17, 15) is 5.26 Å². The zero-order chi connectivity index (χ0) is 22.2. The van der Waals surface area contributed by atoms with Gasteiger partial charge >= 0.3 is 0 Å². The highest BCUT2D eigenvalue weighted by atomic mass is 15.0. The van der Waals surface area contributed by atoms with Crippen LogP contribution < -0.4 is 0 Å². The summed E-state index contributed by atoms with van der Waals surface area (Å²) in [6.45, 7) is 0. The summed E-state index contributed by atoms with van der Waals surface area (Å²) in [5, 5.41) is 11.9. The lowest BCUT2D eigenvalue weighted by atomic mass is 9.97. The highest BCUT2D eigenvalue weighted by Crippen LogP contribution is 2.33. The van der Waals surface area contributed by atoms with Gasteiger partial charge in [0.2, 0.25) is 0 Å². The lowest BCUT2D eigenvalue weighted by Crippen LogP contribution is -1.93. The number of hydrogen-bond donors (Lipinski definition) is 0. The van der Waals surface area contributed by atoms with E-state index in [4.69, 9.17) is 0 Å². The van der Waals surface area contributed by atoms with Crippen LogP contribution >= 0.6 is 0 Å². The highest BCUT2D eigenvalue weighted by molar-refractivity contribution is 6.09. The van der Waals surface area contributed by atoms with E-state index in [0.717, 1.165) is 22.4 Å². The lowest BCUT2D eigenvalue weighted by Gasteiger charge is -2.10. The van der Waals surface area contributed by atoms with E-state index in [2.05, 4.69) is 108 Å². The molecule has 0 N–H and O–H groups in total. The summed E-state index contributed by atoms with van der Waals surface area (Å²) in [7, 11) is 0. The number of rotatable bonds is 3. The highest BCUT2D eigenvalue weighted by Gasteiger charge is 2.11. The molecule has 0 saturated carbocycles. The monoisotopic (exact) mass is 420 g/mol. The molecular formula is C31H20N2. The topological polar surface area (TPSA) is 28.7 Å². The molecule has 2 heteroatoms. The average Bonchev–Trinajstić information content (AvgIpc) is 3.23. The van der Waals surface area contributed by atoms with Gasteiger partial charge in [-0.15, -0.1) is 0 Å². The summed E-state index contributed by atoms with van der Waals surface area (Å²) in [6, 6.07) is 44.3. The van der Waals surface area contributed by atoms with Gasteiger partial charge in [0, 0.05) is 16.5 Å².